The number of pyridine rings is 1. The molecule has 6 nitrogen and oxygen atoms in total. The zero-order valence-electron chi connectivity index (χ0n) is 13.2. The van der Waals surface area contributed by atoms with Crippen LogP contribution in [0.5, 0.6) is 0 Å². The molecule has 3 N–H and O–H groups in total. The molecule has 1 aromatic heterocycles. The van der Waals surface area contributed by atoms with E-state index < -0.39 is 0 Å². The summed E-state index contributed by atoms with van der Waals surface area (Å²) in [6.45, 7) is 4.58. The third-order valence-corrected chi connectivity index (χ3v) is 2.88. The maximum atomic E-state index is 12.0. The maximum absolute atomic E-state index is 12.0. The van der Waals surface area contributed by atoms with Gasteiger partial charge in [-0.05, 0) is 32.6 Å². The quantitative estimate of drug-likeness (QED) is 0.662. The molecule has 1 heterocycles. The van der Waals surface area contributed by atoms with Crippen molar-refractivity contribution in [1.82, 2.24) is 15.2 Å². The standard InChI is InChI=1S/C15H26N4O2/c1-4-5-13-10-12(11-14(16)18-13)15(20)17-6-8-21-9-7-19(2)3/h10-11H,4-9H2,1-3H3,(H2,16,18)(H,17,20). The first-order chi connectivity index (χ1) is 10.0. The Labute approximate surface area is 126 Å². The molecule has 1 rings (SSSR count). The average Bonchev–Trinajstić information content (AvgIpc) is 2.41. The predicted molar refractivity (Wildman–Crippen MR) is 84.4 cm³/mol. The van der Waals surface area contributed by atoms with Crippen molar-refractivity contribution in [2.75, 3.05) is 46.1 Å². The number of carbonyl (C=O) groups excluding carboxylic acids is 1. The van der Waals surface area contributed by atoms with Gasteiger partial charge in [-0.1, -0.05) is 13.3 Å². The van der Waals surface area contributed by atoms with Gasteiger partial charge in [-0.2, -0.15) is 0 Å². The Balaban J connectivity index is 2.38. The van der Waals surface area contributed by atoms with Crippen LogP contribution in [-0.4, -0.2) is 56.2 Å². The highest BCUT2D eigenvalue weighted by Gasteiger charge is 2.08. The molecular weight excluding hydrogens is 268 g/mol. The van der Waals surface area contributed by atoms with Crippen LogP contribution in [0.3, 0.4) is 0 Å². The van der Waals surface area contributed by atoms with E-state index >= 15 is 0 Å². The van der Waals surface area contributed by atoms with Gasteiger partial charge in [0, 0.05) is 24.3 Å². The fourth-order valence-electron chi connectivity index (χ4n) is 1.81. The van der Waals surface area contributed by atoms with Crippen molar-refractivity contribution in [3.63, 3.8) is 0 Å². The van der Waals surface area contributed by atoms with Crippen molar-refractivity contribution in [3.8, 4) is 0 Å². The average molecular weight is 294 g/mol. The highest BCUT2D eigenvalue weighted by atomic mass is 16.5. The molecular formula is C15H26N4O2. The molecule has 0 fully saturated rings. The summed E-state index contributed by atoms with van der Waals surface area (Å²) in [5.41, 5.74) is 7.14. The number of nitrogens with one attached hydrogen (secondary N) is 1. The molecule has 1 aromatic rings. The molecule has 0 radical (unpaired) electrons. The smallest absolute Gasteiger partial charge is 0.251 e. The molecule has 118 valence electrons. The lowest BCUT2D eigenvalue weighted by Gasteiger charge is -2.10. The Morgan fingerprint density at radius 3 is 2.81 bits per heavy atom. The molecule has 0 atom stereocenters. The number of carbonyl (C=O) groups is 1. The van der Waals surface area contributed by atoms with Crippen LogP contribution < -0.4 is 11.1 Å². The number of ether oxygens (including phenoxy) is 1. The maximum Gasteiger partial charge on any atom is 0.251 e. The van der Waals surface area contributed by atoms with E-state index in [1.165, 1.54) is 0 Å². The van der Waals surface area contributed by atoms with Crippen LogP contribution >= 0.6 is 0 Å². The first-order valence-corrected chi connectivity index (χ1v) is 7.30. The monoisotopic (exact) mass is 294 g/mol. The number of anilines is 1. The second-order valence-electron chi connectivity index (χ2n) is 5.19. The normalized spacial score (nSPS) is 10.9. The summed E-state index contributed by atoms with van der Waals surface area (Å²) in [5, 5.41) is 2.82. The number of aryl methyl sites for hydroxylation is 1. The number of hydrogen-bond donors (Lipinski definition) is 2. The summed E-state index contributed by atoms with van der Waals surface area (Å²) in [6, 6.07) is 3.39. The van der Waals surface area contributed by atoms with Gasteiger partial charge in [0.05, 0.1) is 13.2 Å². The van der Waals surface area contributed by atoms with E-state index in [1.54, 1.807) is 12.1 Å². The van der Waals surface area contributed by atoms with Crippen LogP contribution in [0.25, 0.3) is 0 Å². The molecule has 0 aliphatic heterocycles. The summed E-state index contributed by atoms with van der Waals surface area (Å²) >= 11 is 0. The number of nitrogens with two attached hydrogens (primary N) is 1. The number of hydrogen-bond acceptors (Lipinski definition) is 5. The highest BCUT2D eigenvalue weighted by molar-refractivity contribution is 5.94. The molecule has 0 spiro atoms. The van der Waals surface area contributed by atoms with Crippen molar-refractivity contribution in [1.29, 1.82) is 0 Å². The van der Waals surface area contributed by atoms with Gasteiger partial charge < -0.3 is 20.7 Å². The van der Waals surface area contributed by atoms with Crippen molar-refractivity contribution < 1.29 is 9.53 Å². The predicted octanol–water partition coefficient (Wildman–Crippen LogP) is 0.924. The number of rotatable bonds is 9. The minimum Gasteiger partial charge on any atom is -0.384 e. The van der Waals surface area contributed by atoms with Gasteiger partial charge in [-0.15, -0.1) is 0 Å². The van der Waals surface area contributed by atoms with Gasteiger partial charge >= 0.3 is 0 Å². The Kier molecular flexibility index (Phi) is 7.71. The van der Waals surface area contributed by atoms with Gasteiger partial charge in [0.2, 0.25) is 0 Å². The molecule has 1 amide bonds. The number of nitrogen functional groups attached to an aromatic ring is 1. The molecule has 0 aliphatic carbocycles. The summed E-state index contributed by atoms with van der Waals surface area (Å²) in [7, 11) is 3.99. The molecule has 0 bridgehead atoms. The van der Waals surface area contributed by atoms with Crippen LogP contribution in [0.15, 0.2) is 12.1 Å². The van der Waals surface area contributed by atoms with E-state index in [-0.39, 0.29) is 5.91 Å². The second-order valence-corrected chi connectivity index (χ2v) is 5.19. The fraction of sp³-hybridized carbons (Fsp3) is 0.600. The van der Waals surface area contributed by atoms with E-state index in [0.29, 0.717) is 31.1 Å². The summed E-state index contributed by atoms with van der Waals surface area (Å²) in [5.74, 6) is 0.242. The van der Waals surface area contributed by atoms with Gasteiger partial charge in [0.1, 0.15) is 5.82 Å². The third-order valence-electron chi connectivity index (χ3n) is 2.88. The van der Waals surface area contributed by atoms with Crippen LogP contribution in [0.1, 0.15) is 29.4 Å². The Bertz CT molecular complexity index is 449. The summed E-state index contributed by atoms with van der Waals surface area (Å²) < 4.78 is 5.42. The van der Waals surface area contributed by atoms with Crippen molar-refractivity contribution in [3.05, 3.63) is 23.4 Å². The number of nitrogens with zero attached hydrogens (tertiary/aromatic N) is 2. The molecule has 6 heteroatoms. The second kappa shape index (κ2) is 9.31. The molecule has 0 aliphatic rings. The van der Waals surface area contributed by atoms with Crippen molar-refractivity contribution in [2.45, 2.75) is 19.8 Å². The van der Waals surface area contributed by atoms with Gasteiger partial charge in [-0.3, -0.25) is 4.79 Å². The lowest BCUT2D eigenvalue weighted by Crippen LogP contribution is -2.28. The largest absolute Gasteiger partial charge is 0.384 e. The van der Waals surface area contributed by atoms with Crippen LogP contribution in [0.2, 0.25) is 0 Å². The van der Waals surface area contributed by atoms with E-state index in [0.717, 1.165) is 25.1 Å². The van der Waals surface area contributed by atoms with Crippen LogP contribution in [0, 0.1) is 0 Å². The Morgan fingerprint density at radius 1 is 1.38 bits per heavy atom. The van der Waals surface area contributed by atoms with Gasteiger partial charge in [0.15, 0.2) is 0 Å². The minimum absolute atomic E-state index is 0.141. The zero-order chi connectivity index (χ0) is 15.7. The third kappa shape index (κ3) is 7.06. The summed E-state index contributed by atoms with van der Waals surface area (Å²) in [4.78, 5) is 18.3. The molecule has 0 unspecified atom stereocenters. The highest BCUT2D eigenvalue weighted by Crippen LogP contribution is 2.09. The molecule has 0 saturated carbocycles. The van der Waals surface area contributed by atoms with Crippen LogP contribution in [-0.2, 0) is 11.2 Å². The number of aromatic nitrogens is 1. The van der Waals surface area contributed by atoms with E-state index in [2.05, 4.69) is 17.2 Å². The topological polar surface area (TPSA) is 80.5 Å². The van der Waals surface area contributed by atoms with Crippen LogP contribution in [0.4, 0.5) is 5.82 Å². The Hall–Kier alpha value is -1.66. The SMILES string of the molecule is CCCc1cc(C(=O)NCCOCCN(C)C)cc(N)n1. The van der Waals surface area contributed by atoms with E-state index in [4.69, 9.17) is 10.5 Å². The molecule has 0 aromatic carbocycles. The fourth-order valence-corrected chi connectivity index (χ4v) is 1.81. The first kappa shape index (κ1) is 17.4. The first-order valence-electron chi connectivity index (χ1n) is 7.30. The van der Waals surface area contributed by atoms with E-state index in [1.807, 2.05) is 19.0 Å². The van der Waals surface area contributed by atoms with Crippen molar-refractivity contribution >= 4 is 11.7 Å². The van der Waals surface area contributed by atoms with Gasteiger partial charge in [0.25, 0.3) is 5.91 Å². The lowest BCUT2D eigenvalue weighted by molar-refractivity contribution is 0.0900. The Morgan fingerprint density at radius 2 is 2.14 bits per heavy atom. The number of likely N-dealkylation sites (N-methyl/N-ethyl adjacent to an activating group) is 1. The minimum atomic E-state index is -0.141. The molecule has 0 saturated heterocycles. The summed E-state index contributed by atoms with van der Waals surface area (Å²) in [6.07, 6.45) is 1.79. The number of amides is 1. The van der Waals surface area contributed by atoms with Crippen molar-refractivity contribution in [2.24, 2.45) is 0 Å². The van der Waals surface area contributed by atoms with Gasteiger partial charge in [-0.25, -0.2) is 4.98 Å². The van der Waals surface area contributed by atoms with E-state index in [9.17, 15) is 4.79 Å². The zero-order valence-corrected chi connectivity index (χ0v) is 13.2. The molecule has 21 heavy (non-hydrogen) atoms. The lowest BCUT2D eigenvalue weighted by atomic mass is 10.1.